The quantitative estimate of drug-likeness (QED) is 0.0187. The number of nitrogen functional groups attached to an aromatic ring is 1. The molecule has 96 heavy (non-hydrogen) atoms. The summed E-state index contributed by atoms with van der Waals surface area (Å²) in [6.45, 7) is -5.31. The van der Waals surface area contributed by atoms with Gasteiger partial charge in [0.05, 0.1) is 44.9 Å². The van der Waals surface area contributed by atoms with E-state index < -0.39 is 129 Å². The highest BCUT2D eigenvalue weighted by atomic mass is 32.5. The largest absolute Gasteiger partial charge is 0.481 e. The molecule has 7 heterocycles. The molecule has 0 radical (unpaired) electrons. The molecule has 42 heteroatoms. The SMILES string of the molecule is CC(CC(=O)O)C(=O)CCCOCCC(=O)N[C@H](C(=O)C[C@@H](CCCNC(N)=O)C(=O)Nc1ccc(COC(=O)N(C)CCOC(=O)Nc2ncnc3c2ncn3[C@@H]2O[C@@H]3OOP(O)(=S)O[C@H]4[C@@H](F)[C@H](n5cnc6c(N)ncnc65)O[C@@H]4COP(O)(=S)O[C@H]3[C@H]2F)cc1)C(C)C. The molecular formula is C54H71F2N15O21P2S2. The zero-order valence-electron chi connectivity index (χ0n) is 51.8. The minimum absolute atomic E-state index is 0.00229. The molecule has 0 bridgehead atoms. The number of carbonyl (C=O) groups excluding carboxylic acids is 7. The number of carbonyl (C=O) groups is 8. The van der Waals surface area contributed by atoms with Crippen LogP contribution in [0.4, 0.5) is 40.5 Å². The first kappa shape index (κ1) is 74.2. The molecule has 0 saturated carbocycles. The van der Waals surface area contributed by atoms with Crippen molar-refractivity contribution in [1.29, 1.82) is 0 Å². The summed E-state index contributed by atoms with van der Waals surface area (Å²) in [5, 5.41) is 19.3. The average Bonchev–Trinajstić information content (AvgIpc) is 1.62. The number of nitrogens with zero attached hydrogens (tertiary/aromatic N) is 9. The van der Waals surface area contributed by atoms with Gasteiger partial charge in [-0.25, -0.2) is 53.1 Å². The predicted molar refractivity (Wildman–Crippen MR) is 334 cm³/mol. The first-order valence-electron chi connectivity index (χ1n) is 29.7. The number of rotatable bonds is 29. The molecule has 3 saturated heterocycles. The number of likely N-dealkylation sites (N-methyl/N-ethyl adjacent to an activating group) is 1. The van der Waals surface area contributed by atoms with Gasteiger partial charge in [-0.05, 0) is 66.5 Å². The number of aromatic nitrogens is 8. The number of Topliss-reactive ketones (excluding diaryl/α,β-unsaturated/α-hetero) is 2. The number of aliphatic carboxylic acids is 1. The number of nitrogens with one attached hydrogen (secondary N) is 4. The Morgan fingerprint density at radius 1 is 0.802 bits per heavy atom. The summed E-state index contributed by atoms with van der Waals surface area (Å²) in [5.41, 5.74) is 11.9. The van der Waals surface area contributed by atoms with E-state index in [2.05, 4.69) is 51.2 Å². The van der Waals surface area contributed by atoms with E-state index in [-0.39, 0.29) is 124 Å². The highest BCUT2D eigenvalue weighted by Crippen LogP contribution is 2.55. The highest BCUT2D eigenvalue weighted by molar-refractivity contribution is 8.07. The number of fused-ring (bicyclic) bond motifs is 4. The Morgan fingerprint density at radius 2 is 1.47 bits per heavy atom. The van der Waals surface area contributed by atoms with Crippen molar-refractivity contribution < 1.29 is 109 Å². The maximum atomic E-state index is 16.6. The van der Waals surface area contributed by atoms with E-state index in [1.54, 1.807) is 45.0 Å². The fourth-order valence-electron chi connectivity index (χ4n) is 10.0. The number of primary amides is 1. The summed E-state index contributed by atoms with van der Waals surface area (Å²) in [6, 6.07) is 4.55. The van der Waals surface area contributed by atoms with Crippen LogP contribution in [0.15, 0.2) is 49.6 Å². The second-order valence-electron chi connectivity index (χ2n) is 22.5. The number of anilines is 3. The summed E-state index contributed by atoms with van der Waals surface area (Å²) in [5.74, 6) is -4.77. The van der Waals surface area contributed by atoms with Crippen molar-refractivity contribution in [2.45, 2.75) is 128 Å². The summed E-state index contributed by atoms with van der Waals surface area (Å²) >= 11 is 10.3. The summed E-state index contributed by atoms with van der Waals surface area (Å²) in [6.07, 6.45) is -12.2. The smallest absolute Gasteiger partial charge is 0.412 e. The van der Waals surface area contributed by atoms with Crippen LogP contribution in [0.1, 0.15) is 83.7 Å². The molecule has 8 rings (SSSR count). The van der Waals surface area contributed by atoms with Crippen LogP contribution in [-0.2, 0) is 101 Å². The van der Waals surface area contributed by atoms with Gasteiger partial charge in [-0.1, -0.05) is 32.9 Å². The Bertz CT molecular complexity index is 3720. The molecule has 36 nitrogen and oxygen atoms in total. The molecule has 0 aliphatic carbocycles. The Hall–Kier alpha value is -7.56. The summed E-state index contributed by atoms with van der Waals surface area (Å²) < 4.78 is 84.6. The first-order valence-corrected chi connectivity index (χ1v) is 34.9. The second kappa shape index (κ2) is 33.6. The molecule has 5 aromatic rings. The number of ketones is 2. The number of halogens is 2. The van der Waals surface area contributed by atoms with Crippen molar-refractivity contribution in [2.75, 3.05) is 62.9 Å². The normalized spacial score (nSPS) is 24.5. The number of hydrogen-bond donors (Lipinski definition) is 9. The van der Waals surface area contributed by atoms with Gasteiger partial charge in [0.15, 0.2) is 65.1 Å². The third kappa shape index (κ3) is 20.0. The van der Waals surface area contributed by atoms with Crippen molar-refractivity contribution in [1.82, 2.24) is 54.6 Å². The summed E-state index contributed by atoms with van der Waals surface area (Å²) in [4.78, 5) is 154. The lowest BCUT2D eigenvalue weighted by Gasteiger charge is -2.29. The number of ether oxygens (including phenoxy) is 5. The molecule has 3 aliphatic rings. The van der Waals surface area contributed by atoms with Crippen LogP contribution < -0.4 is 32.7 Å². The van der Waals surface area contributed by atoms with Crippen LogP contribution in [0.3, 0.4) is 0 Å². The highest BCUT2D eigenvalue weighted by Gasteiger charge is 2.55. The topological polar surface area (TPSA) is 480 Å². The molecule has 3 fully saturated rings. The molecular weight excluding hydrogens is 1360 g/mol. The van der Waals surface area contributed by atoms with Crippen molar-refractivity contribution >= 4 is 124 Å². The van der Waals surface area contributed by atoms with Crippen LogP contribution >= 0.6 is 13.4 Å². The maximum Gasteiger partial charge on any atom is 0.412 e. The predicted octanol–water partition coefficient (Wildman–Crippen LogP) is 3.65. The fraction of sp³-hybridized carbons (Fsp3) is 0.556. The van der Waals surface area contributed by atoms with E-state index >= 15 is 8.78 Å². The monoisotopic (exact) mass is 1430 g/mol. The van der Waals surface area contributed by atoms with Crippen LogP contribution in [0, 0.1) is 17.8 Å². The number of carboxylic acids is 1. The molecule has 3 aliphatic heterocycles. The standard InChI is InChI=1S/C54H71F2N15O21P2S2/c1-27(2)39(67-35(74)13-17-83-16-6-8-32(72)28(3)19-36(75)76)33(73)20-30(7-5-14-59-52(58)78)48(77)66-31-11-9-29(10-12-31)21-85-54(80)69(4)15-18-84-53(79)68-45-41-47(63-24-61-45)71(26-65-41)50-38(56)43-51(88-50)89-92-94(82,96)90-42-34(22-86-93(81,95)91-43)87-49(37(42)55)70-25-64-40-44(57)60-23-62-46(40)70/h9-12,23-28,30,34,37-39,42-43,49-51H,5-8,13-22H2,1-4H3,(H,66,77)(H,67,74)(H,75,76)(H,81,95)(H,82,96)(H2,57,60,62)(H3,58,59,78)(H,61,63,68,79)/t28?,30-,34-,37-,38-,39+,42-,43+,49-,50-,51-,93?,94?/m1/s1. The van der Waals surface area contributed by atoms with Gasteiger partial charge in [-0.3, -0.25) is 47.5 Å². The van der Waals surface area contributed by atoms with Crippen molar-refractivity contribution in [3.63, 3.8) is 0 Å². The molecule has 0 spiro atoms. The Morgan fingerprint density at radius 3 is 2.17 bits per heavy atom. The van der Waals surface area contributed by atoms with E-state index in [9.17, 15) is 48.1 Å². The number of amides is 6. The number of hydrogen-bond acceptors (Lipinski definition) is 27. The maximum absolute atomic E-state index is 16.6. The van der Waals surface area contributed by atoms with E-state index in [1.165, 1.54) is 17.9 Å². The molecule has 13 atom stereocenters. The zero-order chi connectivity index (χ0) is 69.6. The van der Waals surface area contributed by atoms with Crippen LogP contribution in [-0.4, -0.2) is 196 Å². The van der Waals surface area contributed by atoms with Crippen LogP contribution in [0.5, 0.6) is 0 Å². The van der Waals surface area contributed by atoms with Gasteiger partial charge in [0.2, 0.25) is 18.1 Å². The van der Waals surface area contributed by atoms with Gasteiger partial charge in [-0.15, -0.1) is 4.67 Å². The lowest BCUT2D eigenvalue weighted by atomic mass is 9.89. The molecule has 524 valence electrons. The minimum atomic E-state index is -4.64. The van der Waals surface area contributed by atoms with E-state index in [0.717, 1.165) is 28.4 Å². The Labute approximate surface area is 554 Å². The molecule has 11 N–H and O–H groups in total. The number of imidazole rings is 2. The lowest BCUT2D eigenvalue weighted by Crippen LogP contribution is -2.45. The van der Waals surface area contributed by atoms with Gasteiger partial charge in [-0.2, -0.15) is 4.89 Å². The van der Waals surface area contributed by atoms with Gasteiger partial charge in [0.25, 0.3) is 0 Å². The zero-order valence-corrected chi connectivity index (χ0v) is 55.2. The first-order chi connectivity index (χ1) is 45.6. The van der Waals surface area contributed by atoms with Gasteiger partial charge >= 0.3 is 37.6 Å². The van der Waals surface area contributed by atoms with Crippen LogP contribution in [0.25, 0.3) is 22.3 Å². The number of urea groups is 1. The Kier molecular flexibility index (Phi) is 26.0. The van der Waals surface area contributed by atoms with Crippen molar-refractivity contribution in [3.8, 4) is 0 Å². The number of benzene rings is 1. The lowest BCUT2D eigenvalue weighted by molar-refractivity contribution is -0.336. The average molecular weight is 1430 g/mol. The second-order valence-corrected chi connectivity index (χ2v) is 27.9. The summed E-state index contributed by atoms with van der Waals surface area (Å²) in [7, 11) is 1.38. The van der Waals surface area contributed by atoms with Gasteiger partial charge in [0, 0.05) is 57.0 Å². The van der Waals surface area contributed by atoms with E-state index in [0.29, 0.717) is 17.7 Å². The molecule has 4 aromatic heterocycles. The number of nitrogens with two attached hydrogens (primary N) is 2. The molecule has 6 amide bonds. The van der Waals surface area contributed by atoms with Crippen molar-refractivity contribution in [2.24, 2.45) is 23.5 Å². The van der Waals surface area contributed by atoms with Gasteiger partial charge in [0.1, 0.15) is 49.4 Å². The minimum Gasteiger partial charge on any atom is -0.481 e. The Balaban J connectivity index is 0.783. The van der Waals surface area contributed by atoms with Crippen LogP contribution in [0.2, 0.25) is 0 Å². The third-order valence-electron chi connectivity index (χ3n) is 15.0. The fourth-order valence-corrected chi connectivity index (χ4v) is 12.6. The van der Waals surface area contributed by atoms with E-state index in [1.807, 2.05) is 0 Å². The van der Waals surface area contributed by atoms with Gasteiger partial charge < -0.3 is 75.4 Å². The number of alkyl halides is 2. The number of carboxylic acid groups (broad SMARTS) is 1. The molecule has 1 aromatic carbocycles. The van der Waals surface area contributed by atoms with E-state index in [4.69, 9.17) is 87.0 Å². The van der Waals surface area contributed by atoms with Crippen molar-refractivity contribution in [3.05, 3.63) is 55.1 Å². The third-order valence-corrected chi connectivity index (χ3v) is 17.8. The molecule has 3 unspecified atom stereocenters.